The summed E-state index contributed by atoms with van der Waals surface area (Å²) >= 11 is 0. The first-order valence-electron chi connectivity index (χ1n) is 9.06. The van der Waals surface area contributed by atoms with Crippen molar-refractivity contribution in [1.82, 2.24) is 0 Å². The number of hydrogen-bond donors (Lipinski definition) is 0. The molecule has 1 aliphatic heterocycles. The molecule has 1 saturated heterocycles. The summed E-state index contributed by atoms with van der Waals surface area (Å²) < 4.78 is 54.4. The molecule has 14 heteroatoms. The molecule has 0 aromatic rings. The Morgan fingerprint density at radius 3 is 1.84 bits per heavy atom. The van der Waals surface area contributed by atoms with Gasteiger partial charge in [-0.25, -0.2) is 8.42 Å². The minimum atomic E-state index is -3.31. The van der Waals surface area contributed by atoms with Crippen LogP contribution in [-0.2, 0) is 56.5 Å². The summed E-state index contributed by atoms with van der Waals surface area (Å²) in [7, 11) is -2.68. The molecule has 31 heavy (non-hydrogen) atoms. The van der Waals surface area contributed by atoms with E-state index < -0.39 is 63.5 Å². The lowest BCUT2D eigenvalue weighted by Crippen LogP contribution is -2.63. The summed E-state index contributed by atoms with van der Waals surface area (Å²) in [5.41, 5.74) is 0. The predicted octanol–water partition coefficient (Wildman–Crippen LogP) is -0.221. The molecule has 0 aromatic carbocycles. The van der Waals surface area contributed by atoms with Gasteiger partial charge < -0.3 is 28.4 Å². The van der Waals surface area contributed by atoms with E-state index in [2.05, 4.69) is 0 Å². The van der Waals surface area contributed by atoms with Crippen LogP contribution in [0.5, 0.6) is 0 Å². The summed E-state index contributed by atoms with van der Waals surface area (Å²) in [5, 5.41) is 0. The first-order chi connectivity index (χ1) is 14.3. The number of hydrogen-bond acceptors (Lipinski definition) is 13. The largest absolute Gasteiger partial charge is 0.463 e. The van der Waals surface area contributed by atoms with Gasteiger partial charge in [-0.05, 0) is 10.8 Å². The van der Waals surface area contributed by atoms with Crippen LogP contribution in [0.2, 0.25) is 0 Å². The molecule has 1 heterocycles. The van der Waals surface area contributed by atoms with E-state index in [9.17, 15) is 27.6 Å². The third-order valence-electron chi connectivity index (χ3n) is 3.61. The van der Waals surface area contributed by atoms with Gasteiger partial charge in [0.25, 0.3) is 0 Å². The zero-order valence-corrected chi connectivity index (χ0v) is 19.4. The lowest BCUT2D eigenvalue weighted by atomic mass is 9.98. The van der Waals surface area contributed by atoms with E-state index in [1.54, 1.807) is 0 Å². The molecular formula is C17H26O12S2. The molecule has 0 spiro atoms. The fourth-order valence-electron chi connectivity index (χ4n) is 2.67. The second-order valence-electron chi connectivity index (χ2n) is 6.46. The van der Waals surface area contributed by atoms with Gasteiger partial charge in [-0.2, -0.15) is 0 Å². The maximum absolute atomic E-state index is 11.7. The average molecular weight is 487 g/mol. The molecule has 0 N–H and O–H groups in total. The van der Waals surface area contributed by atoms with E-state index in [-0.39, 0.29) is 19.0 Å². The predicted molar refractivity (Wildman–Crippen MR) is 105 cm³/mol. The van der Waals surface area contributed by atoms with E-state index in [0.717, 1.165) is 34.0 Å². The second kappa shape index (κ2) is 12.2. The zero-order valence-electron chi connectivity index (χ0n) is 17.7. The molecule has 178 valence electrons. The second-order valence-corrected chi connectivity index (χ2v) is 11.0. The first-order valence-corrected chi connectivity index (χ1v) is 12.5. The smallest absolute Gasteiger partial charge is 0.303 e. The number of ether oxygens (including phenoxy) is 6. The lowest BCUT2D eigenvalue weighted by Gasteiger charge is -2.44. The molecule has 5 atom stereocenters. The molecule has 0 amide bonds. The average Bonchev–Trinajstić information content (AvgIpc) is 2.59. The fraction of sp³-hybridized carbons (Fsp3) is 0.765. The Labute approximate surface area is 183 Å². The van der Waals surface area contributed by atoms with E-state index in [4.69, 9.17) is 28.4 Å². The monoisotopic (exact) mass is 486 g/mol. The number of carbonyl (C=O) groups excluding carboxylic acids is 4. The molecule has 0 radical (unpaired) electrons. The molecule has 0 aliphatic carbocycles. The molecule has 0 bridgehead atoms. The van der Waals surface area contributed by atoms with E-state index >= 15 is 0 Å². The third-order valence-corrected chi connectivity index (χ3v) is 6.16. The molecular weight excluding hydrogens is 460 g/mol. The van der Waals surface area contributed by atoms with Gasteiger partial charge in [0, 0.05) is 39.7 Å². The lowest BCUT2D eigenvalue weighted by molar-refractivity contribution is -0.307. The molecule has 1 fully saturated rings. The Hall–Kier alpha value is -1.90. The van der Waals surface area contributed by atoms with Gasteiger partial charge in [0.05, 0.1) is 6.61 Å². The number of esters is 4. The van der Waals surface area contributed by atoms with Crippen LogP contribution >= 0.6 is 10.8 Å². The van der Waals surface area contributed by atoms with Gasteiger partial charge >= 0.3 is 23.9 Å². The van der Waals surface area contributed by atoms with Gasteiger partial charge in [-0.15, -0.1) is 0 Å². The van der Waals surface area contributed by atoms with Gasteiger partial charge in [0.2, 0.25) is 0 Å². The van der Waals surface area contributed by atoms with Gasteiger partial charge in [-0.1, -0.05) is 0 Å². The van der Waals surface area contributed by atoms with Crippen molar-refractivity contribution < 1.29 is 56.0 Å². The van der Waals surface area contributed by atoms with Crippen LogP contribution in [0.3, 0.4) is 0 Å². The zero-order chi connectivity index (χ0) is 23.8. The summed E-state index contributed by atoms with van der Waals surface area (Å²) in [6.45, 7) is 3.96. The van der Waals surface area contributed by atoms with Gasteiger partial charge in [0.15, 0.2) is 33.5 Å². The van der Waals surface area contributed by atoms with Crippen molar-refractivity contribution in [2.45, 2.75) is 58.4 Å². The van der Waals surface area contributed by atoms with Crippen LogP contribution in [-0.4, -0.2) is 88.2 Å². The minimum Gasteiger partial charge on any atom is -0.463 e. The Morgan fingerprint density at radius 2 is 1.35 bits per heavy atom. The van der Waals surface area contributed by atoms with Crippen LogP contribution in [0.25, 0.3) is 0 Å². The number of carbonyl (C=O) groups is 4. The van der Waals surface area contributed by atoms with Crippen LogP contribution in [0.15, 0.2) is 0 Å². The summed E-state index contributed by atoms with van der Waals surface area (Å²) in [6, 6.07) is 0. The highest BCUT2D eigenvalue weighted by molar-refractivity contribution is 8.71. The van der Waals surface area contributed by atoms with E-state index in [0.29, 0.717) is 10.8 Å². The van der Waals surface area contributed by atoms with Crippen LogP contribution in [0.1, 0.15) is 27.7 Å². The Balaban J connectivity index is 3.18. The summed E-state index contributed by atoms with van der Waals surface area (Å²) in [6.07, 6.45) is -5.39. The molecule has 0 aromatic heterocycles. The molecule has 1 rings (SSSR count). The topological polar surface area (TPSA) is 158 Å². The molecule has 0 unspecified atom stereocenters. The van der Waals surface area contributed by atoms with Crippen molar-refractivity contribution >= 4 is 43.5 Å². The van der Waals surface area contributed by atoms with Crippen molar-refractivity contribution in [3.63, 3.8) is 0 Å². The summed E-state index contributed by atoms with van der Waals surface area (Å²) in [5.74, 6) is -2.88. The SMILES string of the molecule is CC(=O)OC[C@H]1O[C@H](OCCSS(C)(=O)=O)[C@@H](OC(C)=O)[C@@H](OC(C)=O)[C@@H]1OC(C)=O. The van der Waals surface area contributed by atoms with Crippen LogP contribution < -0.4 is 0 Å². The minimum absolute atomic E-state index is 0.0334. The van der Waals surface area contributed by atoms with Crippen LogP contribution in [0.4, 0.5) is 0 Å². The normalized spacial score (nSPS) is 25.9. The molecule has 12 nitrogen and oxygen atoms in total. The number of rotatable bonds is 10. The molecule has 0 saturated carbocycles. The van der Waals surface area contributed by atoms with Crippen molar-refractivity contribution in [2.24, 2.45) is 0 Å². The fourth-order valence-corrected chi connectivity index (χ4v) is 4.25. The van der Waals surface area contributed by atoms with E-state index in [1.165, 1.54) is 0 Å². The van der Waals surface area contributed by atoms with Gasteiger partial charge in [-0.3, -0.25) is 19.2 Å². The van der Waals surface area contributed by atoms with Crippen molar-refractivity contribution in [3.8, 4) is 0 Å². The standard InChI is InChI=1S/C17H26O12S2/c1-9(18)25-8-13-14(26-10(2)19)15(27-11(3)20)16(28-12(4)21)17(29-13)24-6-7-30-31(5,22)23/h13-17H,6-8H2,1-5H3/t13-,14-,15+,16+,17+/m1/s1. The quantitative estimate of drug-likeness (QED) is 0.173. The van der Waals surface area contributed by atoms with Crippen LogP contribution in [0, 0.1) is 0 Å². The van der Waals surface area contributed by atoms with Crippen molar-refractivity contribution in [1.29, 1.82) is 0 Å². The maximum Gasteiger partial charge on any atom is 0.303 e. The highest BCUT2D eigenvalue weighted by Crippen LogP contribution is 2.30. The Bertz CT molecular complexity index is 765. The highest BCUT2D eigenvalue weighted by atomic mass is 33.1. The molecule has 1 aliphatic rings. The highest BCUT2D eigenvalue weighted by Gasteiger charge is 2.52. The Kier molecular flexibility index (Phi) is 10.7. The van der Waals surface area contributed by atoms with Crippen molar-refractivity contribution in [2.75, 3.05) is 25.2 Å². The first kappa shape index (κ1) is 27.1. The summed E-state index contributed by atoms with van der Waals surface area (Å²) in [4.78, 5) is 46.2. The van der Waals surface area contributed by atoms with Gasteiger partial charge in [0.1, 0.15) is 12.7 Å². The third kappa shape index (κ3) is 10.3. The Morgan fingerprint density at radius 1 is 0.839 bits per heavy atom. The van der Waals surface area contributed by atoms with E-state index in [1.807, 2.05) is 0 Å². The van der Waals surface area contributed by atoms with Crippen molar-refractivity contribution in [3.05, 3.63) is 0 Å². The maximum atomic E-state index is 11.7.